The molecule has 0 saturated heterocycles. The number of nitrogens with two attached hydrogens (primary N) is 1. The van der Waals surface area contributed by atoms with Crippen LogP contribution in [0.25, 0.3) is 22.2 Å². The third kappa shape index (κ3) is 4.43. The Hall–Kier alpha value is -4.06. The molecule has 158 valence electrons. The lowest BCUT2D eigenvalue weighted by atomic mass is 10.1. The highest BCUT2D eigenvalue weighted by Gasteiger charge is 2.13. The Kier molecular flexibility index (Phi) is 5.45. The summed E-state index contributed by atoms with van der Waals surface area (Å²) in [7, 11) is 0. The number of aromatic nitrogens is 6. The molecule has 4 aromatic heterocycles. The molecule has 9 heteroatoms. The SMILES string of the molecule is CC(C)C#Cc1cc2c(-c3ccnc(N)n3)cn(CCCn3cc(O)[nH]c3=O)c2cn1. The number of nitrogens with one attached hydrogen (secondary N) is 1. The topological polar surface area (TPSA) is 128 Å². The minimum absolute atomic E-state index is 0.140. The van der Waals surface area contributed by atoms with E-state index in [9.17, 15) is 9.90 Å². The monoisotopic (exact) mass is 417 g/mol. The molecule has 0 radical (unpaired) electrons. The molecule has 9 nitrogen and oxygen atoms in total. The maximum atomic E-state index is 11.8. The summed E-state index contributed by atoms with van der Waals surface area (Å²) >= 11 is 0. The predicted octanol–water partition coefficient (Wildman–Crippen LogP) is 2.37. The lowest BCUT2D eigenvalue weighted by Gasteiger charge is -2.05. The molecule has 4 heterocycles. The minimum Gasteiger partial charge on any atom is -0.493 e. The normalized spacial score (nSPS) is 11.1. The predicted molar refractivity (Wildman–Crippen MR) is 118 cm³/mol. The van der Waals surface area contributed by atoms with Crippen LogP contribution in [0.2, 0.25) is 0 Å². The molecule has 4 N–H and O–H groups in total. The van der Waals surface area contributed by atoms with Crippen molar-refractivity contribution in [2.24, 2.45) is 5.92 Å². The van der Waals surface area contributed by atoms with E-state index in [1.807, 2.05) is 38.4 Å². The van der Waals surface area contributed by atoms with Crippen LogP contribution in [-0.2, 0) is 13.1 Å². The molecule has 4 rings (SSSR count). The summed E-state index contributed by atoms with van der Waals surface area (Å²) in [4.78, 5) is 27.0. The Balaban J connectivity index is 1.70. The standard InChI is InChI=1S/C22H23N7O2/c1-14(2)4-5-15-10-16-17(18-6-7-24-21(23)26-18)12-28(19(16)11-25-15)8-3-9-29-13-20(30)27-22(29)31/h6-7,10-14,30H,3,8-9H2,1-2H3,(H,27,31)(H2,23,24,26). The van der Waals surface area contributed by atoms with Gasteiger partial charge in [-0.1, -0.05) is 19.8 Å². The fraction of sp³-hybridized carbons (Fsp3) is 0.273. The van der Waals surface area contributed by atoms with Crippen molar-refractivity contribution in [3.05, 3.63) is 53.1 Å². The molecule has 0 aliphatic carbocycles. The molecular weight excluding hydrogens is 394 g/mol. The number of hydrogen-bond acceptors (Lipinski definition) is 6. The summed E-state index contributed by atoms with van der Waals surface area (Å²) in [6.45, 7) is 5.18. The van der Waals surface area contributed by atoms with Crippen molar-refractivity contribution in [3.63, 3.8) is 0 Å². The molecule has 0 spiro atoms. The maximum Gasteiger partial charge on any atom is 0.328 e. The van der Waals surface area contributed by atoms with E-state index >= 15 is 0 Å². The molecule has 0 aliphatic heterocycles. The molecule has 4 aromatic rings. The highest BCUT2D eigenvalue weighted by atomic mass is 16.3. The van der Waals surface area contributed by atoms with Gasteiger partial charge >= 0.3 is 5.69 Å². The van der Waals surface area contributed by atoms with Crippen molar-refractivity contribution < 1.29 is 5.11 Å². The number of nitrogens with zero attached hydrogens (tertiary/aromatic N) is 5. The quantitative estimate of drug-likeness (QED) is 0.428. The average molecular weight is 417 g/mol. The van der Waals surface area contributed by atoms with Crippen molar-refractivity contribution in [2.45, 2.75) is 33.4 Å². The van der Waals surface area contributed by atoms with E-state index < -0.39 is 0 Å². The summed E-state index contributed by atoms with van der Waals surface area (Å²) in [5.41, 5.74) is 8.73. The highest BCUT2D eigenvalue weighted by Crippen LogP contribution is 2.30. The second kappa shape index (κ2) is 8.36. The number of aromatic hydroxyl groups is 1. The highest BCUT2D eigenvalue weighted by molar-refractivity contribution is 5.95. The van der Waals surface area contributed by atoms with Crippen LogP contribution in [0.15, 0.2) is 41.7 Å². The van der Waals surface area contributed by atoms with Crippen LogP contribution in [0, 0.1) is 17.8 Å². The van der Waals surface area contributed by atoms with E-state index in [4.69, 9.17) is 5.73 Å². The van der Waals surface area contributed by atoms with Crippen molar-refractivity contribution >= 4 is 16.9 Å². The number of fused-ring (bicyclic) bond motifs is 1. The summed E-state index contributed by atoms with van der Waals surface area (Å²) in [6, 6.07) is 3.78. The van der Waals surface area contributed by atoms with Gasteiger partial charge in [0.15, 0.2) is 0 Å². The van der Waals surface area contributed by atoms with E-state index in [1.54, 1.807) is 6.20 Å². The van der Waals surface area contributed by atoms with Gasteiger partial charge in [-0.3, -0.25) is 9.55 Å². The molecule has 0 bridgehead atoms. The smallest absolute Gasteiger partial charge is 0.328 e. The number of rotatable bonds is 5. The number of anilines is 1. The molecular formula is C22H23N7O2. The van der Waals surface area contributed by atoms with Crippen LogP contribution in [0.1, 0.15) is 26.0 Å². The lowest BCUT2D eigenvalue weighted by Crippen LogP contribution is -2.17. The Labute approximate surface area is 178 Å². The number of imidazole rings is 1. The first-order valence-electron chi connectivity index (χ1n) is 9.98. The Morgan fingerprint density at radius 2 is 2.03 bits per heavy atom. The fourth-order valence-electron chi connectivity index (χ4n) is 3.38. The van der Waals surface area contributed by atoms with Gasteiger partial charge in [0, 0.05) is 42.4 Å². The van der Waals surface area contributed by atoms with Gasteiger partial charge in [0.05, 0.1) is 23.6 Å². The van der Waals surface area contributed by atoms with Crippen LogP contribution in [0.3, 0.4) is 0 Å². The second-order valence-electron chi connectivity index (χ2n) is 7.54. The van der Waals surface area contributed by atoms with Crippen LogP contribution >= 0.6 is 0 Å². The molecule has 0 atom stereocenters. The number of aryl methyl sites for hydroxylation is 2. The van der Waals surface area contributed by atoms with Gasteiger partial charge in [0.2, 0.25) is 11.8 Å². The molecule has 0 aliphatic rings. The van der Waals surface area contributed by atoms with Crippen molar-refractivity contribution in [3.8, 4) is 29.0 Å². The molecule has 31 heavy (non-hydrogen) atoms. The zero-order chi connectivity index (χ0) is 22.0. The van der Waals surface area contributed by atoms with E-state index in [-0.39, 0.29) is 23.4 Å². The number of H-pyrrole nitrogens is 1. The van der Waals surface area contributed by atoms with E-state index in [1.165, 1.54) is 10.8 Å². The van der Waals surface area contributed by atoms with E-state index in [2.05, 4.69) is 36.3 Å². The van der Waals surface area contributed by atoms with Crippen LogP contribution in [0.4, 0.5) is 5.95 Å². The van der Waals surface area contributed by atoms with Gasteiger partial charge in [-0.2, -0.15) is 0 Å². The maximum absolute atomic E-state index is 11.8. The second-order valence-corrected chi connectivity index (χ2v) is 7.54. The third-order valence-electron chi connectivity index (χ3n) is 4.78. The first-order valence-corrected chi connectivity index (χ1v) is 9.98. The summed E-state index contributed by atoms with van der Waals surface area (Å²) in [5.74, 6) is 6.57. The van der Waals surface area contributed by atoms with Gasteiger partial charge in [-0.05, 0) is 24.5 Å². The first kappa shape index (κ1) is 20.2. The van der Waals surface area contributed by atoms with Crippen molar-refractivity contribution in [1.29, 1.82) is 0 Å². The number of hydrogen-bond donors (Lipinski definition) is 3. The molecule has 0 amide bonds. The minimum atomic E-state index is -0.331. The van der Waals surface area contributed by atoms with E-state index in [0.29, 0.717) is 25.2 Å². The molecule has 0 aromatic carbocycles. The molecule has 0 unspecified atom stereocenters. The van der Waals surface area contributed by atoms with Crippen molar-refractivity contribution in [1.82, 2.24) is 29.1 Å². The van der Waals surface area contributed by atoms with Crippen LogP contribution in [0.5, 0.6) is 5.88 Å². The van der Waals surface area contributed by atoms with E-state index in [0.717, 1.165) is 22.2 Å². The number of nitrogen functional groups attached to an aromatic ring is 1. The summed E-state index contributed by atoms with van der Waals surface area (Å²) in [5, 5.41) is 10.4. The zero-order valence-corrected chi connectivity index (χ0v) is 17.3. The molecule has 0 fully saturated rings. The number of pyridine rings is 1. The molecule has 0 saturated carbocycles. The Morgan fingerprint density at radius 3 is 2.74 bits per heavy atom. The lowest BCUT2D eigenvalue weighted by molar-refractivity contribution is 0.454. The van der Waals surface area contributed by atoms with Gasteiger partial charge in [0.1, 0.15) is 5.69 Å². The van der Waals surface area contributed by atoms with Crippen molar-refractivity contribution in [2.75, 3.05) is 5.73 Å². The number of aromatic amines is 1. The summed E-state index contributed by atoms with van der Waals surface area (Å²) < 4.78 is 3.53. The first-order chi connectivity index (χ1) is 14.9. The van der Waals surface area contributed by atoms with Gasteiger partial charge in [0.25, 0.3) is 0 Å². The fourth-order valence-corrected chi connectivity index (χ4v) is 3.38. The van der Waals surface area contributed by atoms with Crippen LogP contribution < -0.4 is 11.4 Å². The van der Waals surface area contributed by atoms with Gasteiger partial charge in [-0.15, -0.1) is 0 Å². The van der Waals surface area contributed by atoms with Gasteiger partial charge in [-0.25, -0.2) is 19.7 Å². The van der Waals surface area contributed by atoms with Gasteiger partial charge < -0.3 is 15.4 Å². The average Bonchev–Trinajstić information content (AvgIpc) is 3.25. The Morgan fingerprint density at radius 1 is 1.23 bits per heavy atom. The zero-order valence-electron chi connectivity index (χ0n) is 17.3. The largest absolute Gasteiger partial charge is 0.493 e. The van der Waals surface area contributed by atoms with Crippen LogP contribution in [-0.4, -0.2) is 34.2 Å². The Bertz CT molecular complexity index is 1350. The summed E-state index contributed by atoms with van der Waals surface area (Å²) in [6.07, 6.45) is 7.52. The third-order valence-corrected chi connectivity index (χ3v) is 4.78.